The van der Waals surface area contributed by atoms with Gasteiger partial charge in [-0.2, -0.15) is 0 Å². The van der Waals surface area contributed by atoms with E-state index in [4.69, 9.17) is 9.47 Å². The number of esters is 2. The van der Waals surface area contributed by atoms with E-state index in [-0.39, 0.29) is 11.9 Å². The van der Waals surface area contributed by atoms with Crippen LogP contribution in [0.15, 0.2) is 24.3 Å². The number of hydrogen-bond donors (Lipinski definition) is 0. The Morgan fingerprint density at radius 3 is 1.44 bits per heavy atom. The van der Waals surface area contributed by atoms with Crippen molar-refractivity contribution in [3.63, 3.8) is 0 Å². The third kappa shape index (κ3) is 12.3. The Hall–Kier alpha value is -2.36. The van der Waals surface area contributed by atoms with Crippen LogP contribution in [0.2, 0.25) is 0 Å². The lowest BCUT2D eigenvalue weighted by Gasteiger charge is -2.27. The van der Waals surface area contributed by atoms with Gasteiger partial charge in [0.15, 0.2) is 0 Å². The minimum absolute atomic E-state index is 0.149. The molecule has 43 heavy (non-hydrogen) atoms. The zero-order chi connectivity index (χ0) is 30.7. The van der Waals surface area contributed by atoms with E-state index >= 15 is 0 Å². The highest BCUT2D eigenvalue weighted by Gasteiger charge is 2.28. The van der Waals surface area contributed by atoms with Gasteiger partial charge in [-0.1, -0.05) is 148 Å². The third-order valence-electron chi connectivity index (χ3n) is 9.17. The van der Waals surface area contributed by atoms with Crippen LogP contribution in [0.3, 0.4) is 0 Å². The van der Waals surface area contributed by atoms with Gasteiger partial charge in [0.05, 0.1) is 0 Å². The van der Waals surface area contributed by atoms with Gasteiger partial charge in [-0.15, -0.1) is 0 Å². The van der Waals surface area contributed by atoms with Crippen molar-refractivity contribution >= 4 is 22.7 Å². The normalized spacial score (nSPS) is 14.5. The molecule has 1 atom stereocenters. The predicted octanol–water partition coefficient (Wildman–Crippen LogP) is 11.6. The first-order valence-electron chi connectivity index (χ1n) is 18.0. The number of hydrogen-bond acceptors (Lipinski definition) is 4. The molecule has 0 saturated heterocycles. The molecule has 0 bridgehead atoms. The largest absolute Gasteiger partial charge is 0.426 e. The number of benzene rings is 2. The maximum absolute atomic E-state index is 13.0. The second kappa shape index (κ2) is 20.6. The second-order valence-electron chi connectivity index (χ2n) is 13.1. The minimum atomic E-state index is -0.149. The molecule has 3 rings (SSSR count). The van der Waals surface area contributed by atoms with Crippen LogP contribution in [0.5, 0.6) is 11.5 Å². The summed E-state index contributed by atoms with van der Waals surface area (Å²) in [4.78, 5) is 26.1. The predicted molar refractivity (Wildman–Crippen MR) is 180 cm³/mol. The molecule has 2 aromatic carbocycles. The second-order valence-corrected chi connectivity index (χ2v) is 13.1. The summed E-state index contributed by atoms with van der Waals surface area (Å²) >= 11 is 0. The Labute approximate surface area is 262 Å². The Balaban J connectivity index is 1.58. The van der Waals surface area contributed by atoms with Crippen molar-refractivity contribution in [2.45, 2.75) is 168 Å². The molecule has 2 aromatic rings. The van der Waals surface area contributed by atoms with Gasteiger partial charge < -0.3 is 9.47 Å². The Morgan fingerprint density at radius 2 is 1.00 bits per heavy atom. The highest BCUT2D eigenvalue weighted by molar-refractivity contribution is 5.99. The molecule has 0 aliphatic heterocycles. The highest BCUT2D eigenvalue weighted by Crippen LogP contribution is 2.45. The summed E-state index contributed by atoms with van der Waals surface area (Å²) in [5.74, 6) is 1.58. The molecule has 0 heterocycles. The van der Waals surface area contributed by atoms with Crippen molar-refractivity contribution in [1.29, 1.82) is 0 Å². The van der Waals surface area contributed by atoms with Crippen LogP contribution in [-0.2, 0) is 22.4 Å². The average Bonchev–Trinajstić information content (AvgIpc) is 3.01. The molecule has 0 fully saturated rings. The molecule has 0 spiro atoms. The molecular formula is C39H60O4. The SMILES string of the molecule is CCCCCCCCCCCC(=O)Oc1c2c(c(OC(=O)CCCCCCCCCCC)c3ccccc13)CC(C)CC2. The number of rotatable bonds is 22. The molecule has 0 saturated carbocycles. The van der Waals surface area contributed by atoms with Gasteiger partial charge in [0.2, 0.25) is 0 Å². The summed E-state index contributed by atoms with van der Waals surface area (Å²) in [7, 11) is 0. The molecular weight excluding hydrogens is 532 g/mol. The number of ether oxygens (including phenoxy) is 2. The van der Waals surface area contributed by atoms with Gasteiger partial charge in [-0.05, 0) is 38.0 Å². The van der Waals surface area contributed by atoms with Crippen LogP contribution in [0.4, 0.5) is 0 Å². The van der Waals surface area contributed by atoms with E-state index in [0.717, 1.165) is 66.8 Å². The lowest BCUT2D eigenvalue weighted by Crippen LogP contribution is -2.19. The maximum Gasteiger partial charge on any atom is 0.311 e. The average molecular weight is 593 g/mol. The summed E-state index contributed by atoms with van der Waals surface area (Å²) < 4.78 is 12.3. The molecule has 1 unspecified atom stereocenters. The summed E-state index contributed by atoms with van der Waals surface area (Å²) in [6, 6.07) is 7.97. The molecule has 1 aliphatic rings. The van der Waals surface area contributed by atoms with E-state index in [1.54, 1.807) is 0 Å². The molecule has 4 heteroatoms. The standard InChI is InChI=1S/C39H60O4/c1-4-6-8-10-12-14-16-18-20-26-36(40)42-38-32-24-22-23-25-33(32)39(35-30-31(3)28-29-34(35)38)43-37(41)27-21-19-17-15-13-11-9-7-5-2/h22-25,31H,4-21,26-30H2,1-3H3. The van der Waals surface area contributed by atoms with E-state index in [1.165, 1.54) is 89.9 Å². The molecule has 240 valence electrons. The van der Waals surface area contributed by atoms with Gasteiger partial charge in [0.25, 0.3) is 0 Å². The summed E-state index contributed by atoms with van der Waals surface area (Å²) in [5, 5.41) is 1.75. The number of carbonyl (C=O) groups is 2. The van der Waals surface area contributed by atoms with Crippen molar-refractivity contribution in [3.05, 3.63) is 35.4 Å². The highest BCUT2D eigenvalue weighted by atomic mass is 16.5. The first-order valence-corrected chi connectivity index (χ1v) is 18.0. The number of carbonyl (C=O) groups excluding carboxylic acids is 2. The molecule has 4 nitrogen and oxygen atoms in total. The third-order valence-corrected chi connectivity index (χ3v) is 9.17. The monoisotopic (exact) mass is 592 g/mol. The summed E-state index contributed by atoms with van der Waals surface area (Å²) in [6.45, 7) is 6.75. The van der Waals surface area contributed by atoms with Crippen molar-refractivity contribution in [1.82, 2.24) is 0 Å². The fourth-order valence-electron chi connectivity index (χ4n) is 6.52. The fraction of sp³-hybridized carbons (Fsp3) is 0.692. The van der Waals surface area contributed by atoms with Crippen molar-refractivity contribution in [3.8, 4) is 11.5 Å². The first-order chi connectivity index (χ1) is 21.0. The molecule has 0 aromatic heterocycles. The van der Waals surface area contributed by atoms with Gasteiger partial charge >= 0.3 is 11.9 Å². The van der Waals surface area contributed by atoms with Crippen LogP contribution in [0.1, 0.15) is 167 Å². The van der Waals surface area contributed by atoms with Gasteiger partial charge in [-0.25, -0.2) is 0 Å². The van der Waals surface area contributed by atoms with E-state index in [2.05, 4.69) is 20.8 Å². The van der Waals surface area contributed by atoms with E-state index < -0.39 is 0 Å². The Kier molecular flexibility index (Phi) is 16.8. The summed E-state index contributed by atoms with van der Waals surface area (Å²) in [6.07, 6.45) is 25.6. The number of unbranched alkanes of at least 4 members (excludes halogenated alkanes) is 16. The fourth-order valence-corrected chi connectivity index (χ4v) is 6.52. The van der Waals surface area contributed by atoms with Crippen molar-refractivity contribution < 1.29 is 19.1 Å². The van der Waals surface area contributed by atoms with Gasteiger partial charge in [0.1, 0.15) is 11.5 Å². The smallest absolute Gasteiger partial charge is 0.311 e. The quantitative estimate of drug-likeness (QED) is 0.0775. The van der Waals surface area contributed by atoms with Crippen molar-refractivity contribution in [2.24, 2.45) is 5.92 Å². The van der Waals surface area contributed by atoms with Crippen LogP contribution >= 0.6 is 0 Å². The molecule has 0 radical (unpaired) electrons. The van der Waals surface area contributed by atoms with Crippen molar-refractivity contribution in [2.75, 3.05) is 0 Å². The lowest BCUT2D eigenvalue weighted by molar-refractivity contribution is -0.135. The zero-order valence-corrected chi connectivity index (χ0v) is 27.8. The first kappa shape index (κ1) is 35.1. The Morgan fingerprint density at radius 1 is 0.605 bits per heavy atom. The van der Waals surface area contributed by atoms with Crippen LogP contribution in [0, 0.1) is 5.92 Å². The van der Waals surface area contributed by atoms with Crippen LogP contribution in [0.25, 0.3) is 10.8 Å². The van der Waals surface area contributed by atoms with Gasteiger partial charge in [0, 0.05) is 34.7 Å². The Bertz CT molecular complexity index is 1100. The van der Waals surface area contributed by atoms with E-state index in [9.17, 15) is 9.59 Å². The minimum Gasteiger partial charge on any atom is -0.426 e. The summed E-state index contributed by atoms with van der Waals surface area (Å²) in [5.41, 5.74) is 2.12. The van der Waals surface area contributed by atoms with Gasteiger partial charge in [-0.3, -0.25) is 9.59 Å². The van der Waals surface area contributed by atoms with E-state index in [1.807, 2.05) is 24.3 Å². The van der Waals surface area contributed by atoms with Crippen LogP contribution in [-0.4, -0.2) is 11.9 Å². The topological polar surface area (TPSA) is 52.6 Å². The lowest BCUT2D eigenvalue weighted by atomic mass is 9.82. The molecule has 0 amide bonds. The number of fused-ring (bicyclic) bond motifs is 2. The molecule has 1 aliphatic carbocycles. The molecule has 0 N–H and O–H groups in total. The zero-order valence-electron chi connectivity index (χ0n) is 27.8. The van der Waals surface area contributed by atoms with E-state index in [0.29, 0.717) is 30.3 Å². The maximum atomic E-state index is 13.0. The van der Waals surface area contributed by atoms with Crippen LogP contribution < -0.4 is 9.47 Å².